The van der Waals surface area contributed by atoms with E-state index >= 15 is 0 Å². The SMILES string of the molecule is CCCNC(CC1CCOCC1)c1ccnc(C)n1. The lowest BCUT2D eigenvalue weighted by Crippen LogP contribution is -2.27. The Hall–Kier alpha value is -1.00. The third-order valence-corrected chi connectivity index (χ3v) is 3.71. The van der Waals surface area contributed by atoms with E-state index in [9.17, 15) is 0 Å². The van der Waals surface area contributed by atoms with Crippen molar-refractivity contribution < 1.29 is 4.74 Å². The molecule has 1 N–H and O–H groups in total. The summed E-state index contributed by atoms with van der Waals surface area (Å²) in [6, 6.07) is 2.39. The summed E-state index contributed by atoms with van der Waals surface area (Å²) in [4.78, 5) is 8.78. The number of ether oxygens (including phenoxy) is 1. The number of nitrogens with zero attached hydrogens (tertiary/aromatic N) is 2. The van der Waals surface area contributed by atoms with Gasteiger partial charge in [-0.2, -0.15) is 0 Å². The first kappa shape index (κ1) is 14.4. The first-order valence-electron chi connectivity index (χ1n) is 7.40. The largest absolute Gasteiger partial charge is 0.381 e. The Balaban J connectivity index is 2.01. The van der Waals surface area contributed by atoms with Crippen molar-refractivity contribution in [3.63, 3.8) is 0 Å². The molecule has 0 saturated carbocycles. The highest BCUT2D eigenvalue weighted by Crippen LogP contribution is 2.26. The van der Waals surface area contributed by atoms with E-state index in [1.165, 1.54) is 12.8 Å². The average Bonchev–Trinajstić information content (AvgIpc) is 2.44. The van der Waals surface area contributed by atoms with Crippen LogP contribution in [0.1, 0.15) is 50.2 Å². The second kappa shape index (κ2) is 7.56. The molecule has 0 bridgehead atoms. The first-order valence-corrected chi connectivity index (χ1v) is 7.40. The van der Waals surface area contributed by atoms with Crippen LogP contribution < -0.4 is 5.32 Å². The Morgan fingerprint density at radius 3 is 2.89 bits per heavy atom. The fourth-order valence-electron chi connectivity index (χ4n) is 2.61. The molecule has 19 heavy (non-hydrogen) atoms. The minimum atomic E-state index is 0.352. The third-order valence-electron chi connectivity index (χ3n) is 3.71. The van der Waals surface area contributed by atoms with Gasteiger partial charge in [-0.1, -0.05) is 6.92 Å². The zero-order valence-corrected chi connectivity index (χ0v) is 12.1. The van der Waals surface area contributed by atoms with Gasteiger partial charge < -0.3 is 10.1 Å². The zero-order valence-electron chi connectivity index (χ0n) is 12.1. The molecule has 1 aliphatic rings. The monoisotopic (exact) mass is 263 g/mol. The number of nitrogens with one attached hydrogen (secondary N) is 1. The summed E-state index contributed by atoms with van der Waals surface area (Å²) in [5, 5.41) is 3.63. The van der Waals surface area contributed by atoms with Crippen molar-refractivity contribution in [2.45, 2.75) is 45.6 Å². The number of aromatic nitrogens is 2. The van der Waals surface area contributed by atoms with E-state index in [4.69, 9.17) is 4.74 Å². The van der Waals surface area contributed by atoms with E-state index in [-0.39, 0.29) is 0 Å². The number of hydrogen-bond donors (Lipinski definition) is 1. The lowest BCUT2D eigenvalue weighted by Gasteiger charge is -2.27. The van der Waals surface area contributed by atoms with Gasteiger partial charge in [0.1, 0.15) is 5.82 Å². The molecule has 4 heteroatoms. The number of hydrogen-bond acceptors (Lipinski definition) is 4. The van der Waals surface area contributed by atoms with Crippen molar-refractivity contribution in [2.24, 2.45) is 5.92 Å². The molecule has 1 aromatic rings. The van der Waals surface area contributed by atoms with Gasteiger partial charge in [0.15, 0.2) is 0 Å². The maximum atomic E-state index is 5.44. The molecule has 0 radical (unpaired) electrons. The van der Waals surface area contributed by atoms with E-state index in [0.717, 1.165) is 50.0 Å². The Labute approximate surface area is 116 Å². The van der Waals surface area contributed by atoms with Crippen LogP contribution in [0.3, 0.4) is 0 Å². The van der Waals surface area contributed by atoms with Crippen molar-refractivity contribution in [1.29, 1.82) is 0 Å². The van der Waals surface area contributed by atoms with Crippen molar-refractivity contribution in [3.8, 4) is 0 Å². The summed E-state index contributed by atoms with van der Waals surface area (Å²) < 4.78 is 5.44. The summed E-state index contributed by atoms with van der Waals surface area (Å²) in [5.41, 5.74) is 1.13. The Bertz CT molecular complexity index is 377. The molecule has 0 amide bonds. The van der Waals surface area contributed by atoms with Gasteiger partial charge in [-0.15, -0.1) is 0 Å². The third kappa shape index (κ3) is 4.55. The fraction of sp³-hybridized carbons (Fsp3) is 0.733. The van der Waals surface area contributed by atoms with E-state index < -0.39 is 0 Å². The van der Waals surface area contributed by atoms with Gasteiger partial charge in [0.05, 0.1) is 5.69 Å². The van der Waals surface area contributed by atoms with Crippen LogP contribution in [-0.4, -0.2) is 29.7 Å². The number of aryl methyl sites for hydroxylation is 1. The quantitative estimate of drug-likeness (QED) is 0.857. The van der Waals surface area contributed by atoms with E-state index in [1.807, 2.05) is 19.2 Å². The smallest absolute Gasteiger partial charge is 0.125 e. The van der Waals surface area contributed by atoms with Gasteiger partial charge >= 0.3 is 0 Å². The predicted octanol–water partition coefficient (Wildman–Crippen LogP) is 2.64. The summed E-state index contributed by atoms with van der Waals surface area (Å²) in [5.74, 6) is 1.60. The molecule has 4 nitrogen and oxygen atoms in total. The van der Waals surface area contributed by atoms with Crippen LogP contribution >= 0.6 is 0 Å². The summed E-state index contributed by atoms with van der Waals surface area (Å²) in [7, 11) is 0. The fourth-order valence-corrected chi connectivity index (χ4v) is 2.61. The van der Waals surface area contributed by atoms with Crippen LogP contribution in [0.5, 0.6) is 0 Å². The molecule has 1 aliphatic heterocycles. The summed E-state index contributed by atoms with van der Waals surface area (Å²) in [6.45, 7) is 7.01. The lowest BCUT2D eigenvalue weighted by molar-refractivity contribution is 0.0603. The normalized spacial score (nSPS) is 18.4. The minimum Gasteiger partial charge on any atom is -0.381 e. The molecular weight excluding hydrogens is 238 g/mol. The molecule has 1 aromatic heterocycles. The lowest BCUT2D eigenvalue weighted by atomic mass is 9.91. The van der Waals surface area contributed by atoms with Crippen molar-refractivity contribution in [3.05, 3.63) is 23.8 Å². The van der Waals surface area contributed by atoms with Crippen molar-refractivity contribution in [1.82, 2.24) is 15.3 Å². The zero-order chi connectivity index (χ0) is 13.5. The van der Waals surface area contributed by atoms with E-state index in [0.29, 0.717) is 6.04 Å². The standard InChI is InChI=1S/C15H25N3O/c1-3-7-17-15(11-13-5-9-19-10-6-13)14-4-8-16-12(2)18-14/h4,8,13,15,17H,3,5-7,9-11H2,1-2H3. The highest BCUT2D eigenvalue weighted by atomic mass is 16.5. The Morgan fingerprint density at radius 1 is 1.42 bits per heavy atom. The molecule has 1 atom stereocenters. The number of rotatable bonds is 6. The van der Waals surface area contributed by atoms with Gasteiger partial charge in [-0.25, -0.2) is 9.97 Å². The highest BCUT2D eigenvalue weighted by molar-refractivity contribution is 5.07. The molecule has 1 fully saturated rings. The highest BCUT2D eigenvalue weighted by Gasteiger charge is 2.21. The molecule has 0 aromatic carbocycles. The first-order chi connectivity index (χ1) is 9.29. The molecule has 1 unspecified atom stereocenters. The van der Waals surface area contributed by atoms with Gasteiger partial charge in [-0.3, -0.25) is 0 Å². The van der Waals surface area contributed by atoms with Crippen molar-refractivity contribution >= 4 is 0 Å². The maximum Gasteiger partial charge on any atom is 0.125 e. The van der Waals surface area contributed by atoms with Crippen LogP contribution in [0.2, 0.25) is 0 Å². The van der Waals surface area contributed by atoms with Gasteiger partial charge in [0, 0.05) is 25.5 Å². The van der Waals surface area contributed by atoms with Crippen molar-refractivity contribution in [2.75, 3.05) is 19.8 Å². The Kier molecular flexibility index (Phi) is 5.73. The van der Waals surface area contributed by atoms with E-state index in [2.05, 4.69) is 22.2 Å². The predicted molar refractivity (Wildman–Crippen MR) is 76.0 cm³/mol. The van der Waals surface area contributed by atoms with Crippen LogP contribution in [0.15, 0.2) is 12.3 Å². The second-order valence-corrected chi connectivity index (χ2v) is 5.33. The molecule has 0 spiro atoms. The van der Waals surface area contributed by atoms with E-state index in [1.54, 1.807) is 0 Å². The molecule has 0 aliphatic carbocycles. The molecule has 106 valence electrons. The topological polar surface area (TPSA) is 47.0 Å². The molecular formula is C15H25N3O. The van der Waals surface area contributed by atoms with Crippen LogP contribution in [0.4, 0.5) is 0 Å². The second-order valence-electron chi connectivity index (χ2n) is 5.33. The van der Waals surface area contributed by atoms with Crippen LogP contribution in [-0.2, 0) is 4.74 Å². The summed E-state index contributed by atoms with van der Waals surface area (Å²) in [6.07, 6.45) is 6.51. The minimum absolute atomic E-state index is 0.352. The maximum absolute atomic E-state index is 5.44. The van der Waals surface area contributed by atoms with Gasteiger partial charge in [0.2, 0.25) is 0 Å². The molecule has 2 heterocycles. The van der Waals surface area contributed by atoms with Gasteiger partial charge in [-0.05, 0) is 51.1 Å². The average molecular weight is 263 g/mol. The molecule has 1 saturated heterocycles. The van der Waals surface area contributed by atoms with Crippen LogP contribution in [0.25, 0.3) is 0 Å². The van der Waals surface area contributed by atoms with Gasteiger partial charge in [0.25, 0.3) is 0 Å². The van der Waals surface area contributed by atoms with Crippen LogP contribution in [0, 0.1) is 12.8 Å². The molecule has 2 rings (SSSR count). The Morgan fingerprint density at radius 2 is 2.21 bits per heavy atom. The summed E-state index contributed by atoms with van der Waals surface area (Å²) >= 11 is 0.